The molecule has 0 heterocycles. The molecule has 0 aromatic heterocycles. The summed E-state index contributed by atoms with van der Waals surface area (Å²) in [6.45, 7) is 6.59. The van der Waals surface area contributed by atoms with Gasteiger partial charge < -0.3 is 5.73 Å². The molecule has 1 fully saturated rings. The van der Waals surface area contributed by atoms with Crippen molar-refractivity contribution in [2.24, 2.45) is 11.1 Å². The third-order valence-electron chi connectivity index (χ3n) is 3.55. The van der Waals surface area contributed by atoms with Crippen LogP contribution in [0.4, 0.5) is 0 Å². The van der Waals surface area contributed by atoms with Gasteiger partial charge in [0.15, 0.2) is 0 Å². The van der Waals surface area contributed by atoms with E-state index in [0.717, 1.165) is 10.9 Å². The molecule has 1 nitrogen and oxygen atoms in total. The Balaban J connectivity index is 2.49. The van der Waals surface area contributed by atoms with Crippen LogP contribution in [0.25, 0.3) is 0 Å². The molecule has 0 aliphatic heterocycles. The van der Waals surface area contributed by atoms with Crippen LogP contribution >= 0.6 is 15.9 Å². The Morgan fingerprint density at radius 2 is 1.93 bits per heavy atom. The third-order valence-corrected chi connectivity index (χ3v) is 4.41. The molecule has 0 spiro atoms. The van der Waals surface area contributed by atoms with Gasteiger partial charge in [0.2, 0.25) is 0 Å². The Bertz CT molecular complexity index is 384. The molecule has 0 amide bonds. The predicted octanol–water partition coefficient (Wildman–Crippen LogP) is 3.34. The van der Waals surface area contributed by atoms with Crippen molar-refractivity contribution in [2.45, 2.75) is 32.7 Å². The lowest BCUT2D eigenvalue weighted by Gasteiger charge is -2.18. The van der Waals surface area contributed by atoms with E-state index in [1.165, 1.54) is 11.1 Å². The maximum absolute atomic E-state index is 6.39. The molecule has 1 unspecified atom stereocenters. The largest absolute Gasteiger partial charge is 0.321 e. The zero-order valence-electron chi connectivity index (χ0n) is 8.89. The molecule has 1 aliphatic rings. The molecule has 14 heavy (non-hydrogen) atoms. The van der Waals surface area contributed by atoms with Gasteiger partial charge in [0, 0.05) is 10.0 Å². The molecule has 2 N–H and O–H groups in total. The molecule has 0 saturated heterocycles. The Morgan fingerprint density at radius 1 is 1.36 bits per heavy atom. The lowest BCUT2D eigenvalue weighted by atomic mass is 9.93. The number of benzene rings is 1. The molecule has 0 radical (unpaired) electrons. The van der Waals surface area contributed by atoms with Crippen LogP contribution in [0.5, 0.6) is 0 Å². The predicted molar refractivity (Wildman–Crippen MR) is 63.1 cm³/mol. The first kappa shape index (κ1) is 10.2. The molecule has 1 aromatic carbocycles. The van der Waals surface area contributed by atoms with Gasteiger partial charge in [-0.25, -0.2) is 0 Å². The van der Waals surface area contributed by atoms with Gasteiger partial charge >= 0.3 is 0 Å². The van der Waals surface area contributed by atoms with Crippen molar-refractivity contribution < 1.29 is 0 Å². The highest BCUT2D eigenvalue weighted by atomic mass is 79.9. The Morgan fingerprint density at radius 3 is 2.43 bits per heavy atom. The quantitative estimate of drug-likeness (QED) is 0.817. The van der Waals surface area contributed by atoms with Crippen molar-refractivity contribution >= 4 is 15.9 Å². The second-order valence-electron chi connectivity index (χ2n) is 4.94. The van der Waals surface area contributed by atoms with Gasteiger partial charge in [-0.15, -0.1) is 0 Å². The summed E-state index contributed by atoms with van der Waals surface area (Å²) in [5, 5.41) is 0. The van der Waals surface area contributed by atoms with Crippen LogP contribution in [0.1, 0.15) is 31.4 Å². The van der Waals surface area contributed by atoms with E-state index in [-0.39, 0.29) is 11.0 Å². The molecular formula is C12H16BrN. The summed E-state index contributed by atoms with van der Waals surface area (Å²) in [7, 11) is 0. The minimum Gasteiger partial charge on any atom is -0.321 e. The van der Waals surface area contributed by atoms with Gasteiger partial charge in [0.05, 0.1) is 0 Å². The van der Waals surface area contributed by atoms with Gasteiger partial charge in [-0.3, -0.25) is 0 Å². The minimum absolute atomic E-state index is 0.110. The summed E-state index contributed by atoms with van der Waals surface area (Å²) < 4.78 is 1.16. The monoisotopic (exact) mass is 253 g/mol. The summed E-state index contributed by atoms with van der Waals surface area (Å²) in [6, 6.07) is 6.28. The standard InChI is InChI=1S/C12H16BrN/c1-8-9(5-4-6-10(8)13)12(14)7-11(12,2)3/h4-6H,7,14H2,1-3H3. The van der Waals surface area contributed by atoms with Crippen molar-refractivity contribution in [1.82, 2.24) is 0 Å². The van der Waals surface area contributed by atoms with E-state index in [4.69, 9.17) is 5.73 Å². The van der Waals surface area contributed by atoms with Crippen LogP contribution in [-0.2, 0) is 5.54 Å². The molecule has 2 heteroatoms. The third kappa shape index (κ3) is 1.24. The first-order chi connectivity index (χ1) is 6.38. The number of halogens is 1. The molecular weight excluding hydrogens is 238 g/mol. The van der Waals surface area contributed by atoms with Crippen molar-refractivity contribution in [3.8, 4) is 0 Å². The normalized spacial score (nSPS) is 28.9. The van der Waals surface area contributed by atoms with Crippen LogP contribution in [0.3, 0.4) is 0 Å². The first-order valence-corrected chi connectivity index (χ1v) is 5.72. The topological polar surface area (TPSA) is 26.0 Å². The molecule has 1 saturated carbocycles. The first-order valence-electron chi connectivity index (χ1n) is 4.93. The second kappa shape index (κ2) is 2.83. The SMILES string of the molecule is Cc1c(Br)cccc1C1(N)CC1(C)C. The fraction of sp³-hybridized carbons (Fsp3) is 0.500. The van der Waals surface area contributed by atoms with Crippen molar-refractivity contribution in [1.29, 1.82) is 0 Å². The Hall–Kier alpha value is -0.340. The van der Waals surface area contributed by atoms with Gasteiger partial charge in [-0.05, 0) is 36.0 Å². The van der Waals surface area contributed by atoms with E-state index in [2.05, 4.69) is 54.9 Å². The molecule has 2 rings (SSSR count). The molecule has 1 atom stereocenters. The van der Waals surface area contributed by atoms with Crippen LogP contribution in [0.2, 0.25) is 0 Å². The lowest BCUT2D eigenvalue weighted by molar-refractivity contribution is 0.508. The Kier molecular flexibility index (Phi) is 2.06. The zero-order valence-corrected chi connectivity index (χ0v) is 10.5. The summed E-state index contributed by atoms with van der Waals surface area (Å²) in [4.78, 5) is 0. The highest BCUT2D eigenvalue weighted by Crippen LogP contribution is 2.61. The van der Waals surface area contributed by atoms with E-state index < -0.39 is 0 Å². The van der Waals surface area contributed by atoms with Crippen molar-refractivity contribution in [3.05, 3.63) is 33.8 Å². The van der Waals surface area contributed by atoms with Gasteiger partial charge in [0.25, 0.3) is 0 Å². The van der Waals surface area contributed by atoms with E-state index >= 15 is 0 Å². The smallest absolute Gasteiger partial charge is 0.0471 e. The molecule has 1 aromatic rings. The fourth-order valence-corrected chi connectivity index (χ4v) is 2.57. The van der Waals surface area contributed by atoms with Crippen molar-refractivity contribution in [3.63, 3.8) is 0 Å². The van der Waals surface area contributed by atoms with Crippen LogP contribution in [0.15, 0.2) is 22.7 Å². The number of hydrogen-bond donors (Lipinski definition) is 1. The maximum Gasteiger partial charge on any atom is 0.0471 e. The van der Waals surface area contributed by atoms with Crippen LogP contribution in [0, 0.1) is 12.3 Å². The van der Waals surface area contributed by atoms with E-state index in [0.29, 0.717) is 0 Å². The Labute approximate surface area is 93.8 Å². The molecule has 1 aliphatic carbocycles. The molecule has 0 bridgehead atoms. The summed E-state index contributed by atoms with van der Waals surface area (Å²) in [5.74, 6) is 0. The highest BCUT2D eigenvalue weighted by Gasteiger charge is 2.59. The summed E-state index contributed by atoms with van der Waals surface area (Å²) >= 11 is 3.55. The summed E-state index contributed by atoms with van der Waals surface area (Å²) in [5.41, 5.74) is 9.10. The second-order valence-corrected chi connectivity index (χ2v) is 5.80. The van der Waals surface area contributed by atoms with Crippen LogP contribution in [-0.4, -0.2) is 0 Å². The van der Waals surface area contributed by atoms with E-state index in [1.807, 2.05) is 0 Å². The van der Waals surface area contributed by atoms with Crippen LogP contribution < -0.4 is 5.73 Å². The average molecular weight is 254 g/mol. The zero-order chi connectivity index (χ0) is 10.6. The van der Waals surface area contributed by atoms with E-state index in [1.54, 1.807) is 0 Å². The highest BCUT2D eigenvalue weighted by molar-refractivity contribution is 9.10. The number of rotatable bonds is 1. The molecule has 76 valence electrons. The van der Waals surface area contributed by atoms with Gasteiger partial charge in [-0.2, -0.15) is 0 Å². The maximum atomic E-state index is 6.39. The average Bonchev–Trinajstić information content (AvgIpc) is 2.58. The minimum atomic E-state index is -0.110. The van der Waals surface area contributed by atoms with Crippen molar-refractivity contribution in [2.75, 3.05) is 0 Å². The summed E-state index contributed by atoms with van der Waals surface area (Å²) in [6.07, 6.45) is 1.08. The fourth-order valence-electron chi connectivity index (χ4n) is 2.20. The van der Waals surface area contributed by atoms with E-state index in [9.17, 15) is 0 Å². The lowest BCUT2D eigenvalue weighted by Crippen LogP contribution is -2.26. The van der Waals surface area contributed by atoms with Gasteiger partial charge in [0.1, 0.15) is 0 Å². The van der Waals surface area contributed by atoms with Gasteiger partial charge in [-0.1, -0.05) is 41.9 Å². The number of hydrogen-bond acceptors (Lipinski definition) is 1. The number of nitrogens with two attached hydrogens (primary N) is 1.